The number of pyridine rings is 1. The number of nitrogen functional groups attached to an aromatic ring is 1. The van der Waals surface area contributed by atoms with Gasteiger partial charge in [-0.3, -0.25) is 4.79 Å². The molecular formula is C37H68N4O3. The number of carbonyl (C=O) groups excluding carboxylic acids is 2. The zero-order valence-electron chi connectivity index (χ0n) is 28.7. The van der Waals surface area contributed by atoms with E-state index in [1.54, 1.807) is 6.20 Å². The van der Waals surface area contributed by atoms with Crippen LogP contribution in [0.4, 0.5) is 11.5 Å². The van der Waals surface area contributed by atoms with Gasteiger partial charge in [-0.2, -0.15) is 0 Å². The third kappa shape index (κ3) is 23.3. The number of hydrogen-bond donors (Lipinski definition) is 2. The Morgan fingerprint density at radius 3 is 2.09 bits per heavy atom. The predicted molar refractivity (Wildman–Crippen MR) is 187 cm³/mol. The Morgan fingerprint density at radius 2 is 1.45 bits per heavy atom. The average Bonchev–Trinajstić information content (AvgIpc) is 3.02. The monoisotopic (exact) mass is 617 g/mol. The van der Waals surface area contributed by atoms with Gasteiger partial charge in [0.15, 0.2) is 0 Å². The van der Waals surface area contributed by atoms with E-state index >= 15 is 0 Å². The average molecular weight is 617 g/mol. The molecule has 0 saturated heterocycles. The molecule has 0 aliphatic heterocycles. The topological polar surface area (TPSA) is 97.5 Å². The maximum atomic E-state index is 12.3. The Hall–Kier alpha value is -2.15. The molecule has 1 aromatic heterocycles. The van der Waals surface area contributed by atoms with Gasteiger partial charge in [-0.25, -0.2) is 4.98 Å². The van der Waals surface area contributed by atoms with Crippen molar-refractivity contribution in [3.63, 3.8) is 0 Å². The van der Waals surface area contributed by atoms with Crippen molar-refractivity contribution in [1.29, 1.82) is 0 Å². The van der Waals surface area contributed by atoms with Crippen LogP contribution in [0.25, 0.3) is 0 Å². The van der Waals surface area contributed by atoms with Crippen molar-refractivity contribution < 1.29 is 14.3 Å². The number of rotatable bonds is 32. The van der Waals surface area contributed by atoms with Gasteiger partial charge in [0.1, 0.15) is 12.1 Å². The van der Waals surface area contributed by atoms with Crippen LogP contribution in [0.3, 0.4) is 0 Å². The van der Waals surface area contributed by atoms with E-state index in [1.807, 2.05) is 12.1 Å². The first-order chi connectivity index (χ1) is 21.6. The molecule has 0 bridgehead atoms. The number of nitrogens with two attached hydrogens (primary N) is 1. The van der Waals surface area contributed by atoms with E-state index < -0.39 is 0 Å². The molecule has 1 heterocycles. The highest BCUT2D eigenvalue weighted by Crippen LogP contribution is 2.21. The molecule has 0 amide bonds. The van der Waals surface area contributed by atoms with Crippen molar-refractivity contribution in [3.8, 4) is 0 Å². The summed E-state index contributed by atoms with van der Waals surface area (Å²) in [5.41, 5.74) is 6.70. The van der Waals surface area contributed by atoms with Crippen LogP contribution in [-0.2, 0) is 14.3 Å². The molecule has 1 aromatic rings. The normalized spacial score (nSPS) is 11.4. The summed E-state index contributed by atoms with van der Waals surface area (Å²) in [6, 6.07) is 3.73. The summed E-state index contributed by atoms with van der Waals surface area (Å²) in [6.07, 6.45) is 27.9. The summed E-state index contributed by atoms with van der Waals surface area (Å²) in [5, 5.41) is 3.37. The van der Waals surface area contributed by atoms with Gasteiger partial charge in [-0.1, -0.05) is 104 Å². The first-order valence-electron chi connectivity index (χ1n) is 18.4. The second-order valence-electron chi connectivity index (χ2n) is 12.7. The van der Waals surface area contributed by atoms with Gasteiger partial charge in [-0.05, 0) is 76.2 Å². The number of hydrogen-bond acceptors (Lipinski definition) is 7. The maximum absolute atomic E-state index is 12.3. The van der Waals surface area contributed by atoms with Crippen LogP contribution in [0.2, 0.25) is 0 Å². The zero-order valence-corrected chi connectivity index (χ0v) is 28.7. The second kappa shape index (κ2) is 29.6. The summed E-state index contributed by atoms with van der Waals surface area (Å²) >= 11 is 0. The molecule has 0 aliphatic rings. The second-order valence-corrected chi connectivity index (χ2v) is 12.7. The third-order valence-corrected chi connectivity index (χ3v) is 8.66. The highest BCUT2D eigenvalue weighted by Gasteiger charge is 2.11. The number of ether oxygens (including phenoxy) is 1. The number of nitrogens with one attached hydrogen (secondary N) is 1. The zero-order chi connectivity index (χ0) is 31.9. The number of aldehydes is 1. The molecule has 0 radical (unpaired) electrons. The highest BCUT2D eigenvalue weighted by atomic mass is 16.5. The minimum Gasteiger partial charge on any atom is -0.466 e. The van der Waals surface area contributed by atoms with Gasteiger partial charge in [0.05, 0.1) is 12.3 Å². The van der Waals surface area contributed by atoms with E-state index in [2.05, 4.69) is 29.0 Å². The van der Waals surface area contributed by atoms with Gasteiger partial charge in [0.25, 0.3) is 0 Å². The number of carbonyl (C=O) groups is 2. The van der Waals surface area contributed by atoms with Gasteiger partial charge in [0.2, 0.25) is 0 Å². The molecule has 0 spiro atoms. The lowest BCUT2D eigenvalue weighted by atomic mass is 9.92. The van der Waals surface area contributed by atoms with Gasteiger partial charge in [0, 0.05) is 25.6 Å². The van der Waals surface area contributed by atoms with Crippen molar-refractivity contribution in [2.24, 2.45) is 5.92 Å². The quantitative estimate of drug-likeness (QED) is 0.0473. The predicted octanol–water partition coefficient (Wildman–Crippen LogP) is 9.36. The Labute approximate surface area is 270 Å². The van der Waals surface area contributed by atoms with Crippen LogP contribution < -0.4 is 11.1 Å². The molecular weight excluding hydrogens is 548 g/mol. The fraction of sp³-hybridized carbons (Fsp3) is 0.811. The van der Waals surface area contributed by atoms with Gasteiger partial charge >= 0.3 is 5.97 Å². The lowest BCUT2D eigenvalue weighted by Crippen LogP contribution is -2.28. The minimum atomic E-state index is -0.00994. The van der Waals surface area contributed by atoms with Gasteiger partial charge in [-0.15, -0.1) is 0 Å². The van der Waals surface area contributed by atoms with Crippen LogP contribution in [-0.4, -0.2) is 54.9 Å². The fourth-order valence-electron chi connectivity index (χ4n) is 5.85. The third-order valence-electron chi connectivity index (χ3n) is 8.66. The van der Waals surface area contributed by atoms with Crippen molar-refractivity contribution in [3.05, 3.63) is 18.3 Å². The SMILES string of the molecule is CCCCCC(CCCCC)CCOC(=O)CCCCCCCN(CCCCCCCC=O)CCCNc1ncccc1N. The molecule has 0 fully saturated rings. The standard InChI is InChI=1S/C37H68N4O3/c1-3-5-14-22-34(23-15-6-4-2)26-33-44-36(43)25-16-10-9-12-18-30-41(29-17-11-7-8-13-19-32-42)31-21-28-40-37-35(38)24-20-27-39-37/h20,24,27,32,34H,3-19,21-23,25-26,28-31,33,38H2,1-2H3,(H,39,40). The van der Waals surface area contributed by atoms with E-state index in [4.69, 9.17) is 10.5 Å². The van der Waals surface area contributed by atoms with Crippen LogP contribution in [0, 0.1) is 5.92 Å². The molecule has 0 unspecified atom stereocenters. The van der Waals surface area contributed by atoms with E-state index in [0.717, 1.165) is 76.8 Å². The van der Waals surface area contributed by atoms with Crippen molar-refractivity contribution in [2.75, 3.05) is 43.8 Å². The lowest BCUT2D eigenvalue weighted by molar-refractivity contribution is -0.144. The van der Waals surface area contributed by atoms with Crippen molar-refractivity contribution in [2.45, 2.75) is 155 Å². The minimum absolute atomic E-state index is 0.00994. The summed E-state index contributed by atoms with van der Waals surface area (Å²) < 4.78 is 5.62. The Bertz CT molecular complexity index is 797. The molecule has 44 heavy (non-hydrogen) atoms. The number of anilines is 2. The summed E-state index contributed by atoms with van der Waals surface area (Å²) in [6.45, 7) is 9.29. The summed E-state index contributed by atoms with van der Waals surface area (Å²) in [7, 11) is 0. The number of nitrogens with zero attached hydrogens (tertiary/aromatic N) is 2. The molecule has 0 aromatic carbocycles. The Morgan fingerprint density at radius 1 is 0.841 bits per heavy atom. The number of aromatic nitrogens is 1. The molecule has 3 N–H and O–H groups in total. The number of unbranched alkanes of at least 4 members (excludes halogenated alkanes) is 13. The molecule has 0 atom stereocenters. The van der Waals surface area contributed by atoms with E-state index in [-0.39, 0.29) is 5.97 Å². The van der Waals surface area contributed by atoms with E-state index in [1.165, 1.54) is 89.9 Å². The highest BCUT2D eigenvalue weighted by molar-refractivity contribution is 5.69. The van der Waals surface area contributed by atoms with E-state index in [9.17, 15) is 9.59 Å². The van der Waals surface area contributed by atoms with Crippen LogP contribution in [0.5, 0.6) is 0 Å². The molecule has 7 heteroatoms. The lowest BCUT2D eigenvalue weighted by Gasteiger charge is -2.22. The summed E-state index contributed by atoms with van der Waals surface area (Å²) in [4.78, 5) is 29.7. The van der Waals surface area contributed by atoms with Crippen LogP contribution >= 0.6 is 0 Å². The molecule has 0 saturated carbocycles. The molecule has 7 nitrogen and oxygen atoms in total. The Balaban J connectivity index is 2.22. The molecule has 0 aliphatic carbocycles. The van der Waals surface area contributed by atoms with Crippen molar-refractivity contribution >= 4 is 23.8 Å². The largest absolute Gasteiger partial charge is 0.466 e. The smallest absolute Gasteiger partial charge is 0.305 e. The van der Waals surface area contributed by atoms with Crippen LogP contribution in [0.15, 0.2) is 18.3 Å². The van der Waals surface area contributed by atoms with Crippen molar-refractivity contribution in [1.82, 2.24) is 9.88 Å². The Kier molecular flexibility index (Phi) is 26.8. The summed E-state index contributed by atoms with van der Waals surface area (Å²) in [5.74, 6) is 1.47. The molecule has 1 rings (SSSR count). The first-order valence-corrected chi connectivity index (χ1v) is 18.4. The molecule has 254 valence electrons. The number of esters is 1. The maximum Gasteiger partial charge on any atom is 0.305 e. The first kappa shape index (κ1) is 39.9. The van der Waals surface area contributed by atoms with E-state index in [0.29, 0.717) is 31.1 Å². The fourth-order valence-corrected chi connectivity index (χ4v) is 5.85. The van der Waals surface area contributed by atoms with Crippen LogP contribution in [0.1, 0.15) is 155 Å². The van der Waals surface area contributed by atoms with Gasteiger partial charge < -0.3 is 25.5 Å².